The maximum Gasteiger partial charge on any atom is 0.306 e. The second kappa shape index (κ2) is 13.0. The van der Waals surface area contributed by atoms with Gasteiger partial charge in [-0.05, 0) is 38.8 Å². The molecule has 0 amide bonds. The van der Waals surface area contributed by atoms with Gasteiger partial charge in [0.1, 0.15) is 0 Å². The molecule has 0 fully saturated rings. The van der Waals surface area contributed by atoms with Crippen LogP contribution in [-0.4, -0.2) is 24.2 Å². The van der Waals surface area contributed by atoms with Crippen LogP contribution in [0.5, 0.6) is 0 Å². The Morgan fingerprint density at radius 3 is 1.64 bits per heavy atom. The fourth-order valence-corrected chi connectivity index (χ4v) is 1.12. The van der Waals surface area contributed by atoms with Gasteiger partial charge < -0.3 is 16.6 Å². The van der Waals surface area contributed by atoms with Gasteiger partial charge in [0.05, 0.1) is 5.92 Å². The summed E-state index contributed by atoms with van der Waals surface area (Å²) < 4.78 is 0. The van der Waals surface area contributed by atoms with Crippen LogP contribution in [0.2, 0.25) is 0 Å². The molecular weight excluding hydrogens is 227 g/mol. The smallest absolute Gasteiger partial charge is 0.306 e. The summed E-state index contributed by atoms with van der Waals surface area (Å²) in [6.45, 7) is 1.12. The van der Waals surface area contributed by atoms with Gasteiger partial charge in [0, 0.05) is 0 Å². The van der Waals surface area contributed by atoms with Crippen molar-refractivity contribution in [2.75, 3.05) is 13.1 Å². The van der Waals surface area contributed by atoms with Gasteiger partial charge >= 0.3 is 5.97 Å². The number of nitrogens with two attached hydrogens (primary N) is 2. The van der Waals surface area contributed by atoms with Crippen molar-refractivity contribution < 1.29 is 9.90 Å². The fourth-order valence-electron chi connectivity index (χ4n) is 1.12. The molecule has 0 heterocycles. The molecule has 0 aromatic heterocycles. The lowest BCUT2D eigenvalue weighted by molar-refractivity contribution is -0.142. The number of hydrogen-bond donors (Lipinski definition) is 3. The third-order valence-electron chi connectivity index (χ3n) is 1.86. The lowest BCUT2D eigenvalue weighted by Crippen LogP contribution is -2.16. The Kier molecular flexibility index (Phi) is 18.1. The quantitative estimate of drug-likeness (QED) is 0.626. The molecular formula is C8H20Cl2N2O2. The number of carbonyl (C=O) groups is 1. The fraction of sp³-hybridized carbons (Fsp3) is 0.875. The van der Waals surface area contributed by atoms with Crippen molar-refractivity contribution >= 4 is 30.8 Å². The van der Waals surface area contributed by atoms with Gasteiger partial charge in [-0.25, -0.2) is 0 Å². The molecule has 0 unspecified atom stereocenters. The van der Waals surface area contributed by atoms with E-state index in [1.165, 1.54) is 0 Å². The van der Waals surface area contributed by atoms with Crippen LogP contribution in [0.25, 0.3) is 0 Å². The molecule has 0 saturated heterocycles. The zero-order chi connectivity index (χ0) is 9.40. The molecule has 0 bridgehead atoms. The first-order valence-corrected chi connectivity index (χ1v) is 4.35. The molecule has 6 heteroatoms. The Balaban J connectivity index is -0.000000605. The van der Waals surface area contributed by atoms with Crippen molar-refractivity contribution in [2.45, 2.75) is 25.7 Å². The van der Waals surface area contributed by atoms with Gasteiger partial charge in [0.15, 0.2) is 0 Å². The van der Waals surface area contributed by atoms with Gasteiger partial charge in [-0.3, -0.25) is 4.79 Å². The third-order valence-corrected chi connectivity index (χ3v) is 1.86. The second-order valence-electron chi connectivity index (χ2n) is 2.90. The highest BCUT2D eigenvalue weighted by Crippen LogP contribution is 2.12. The predicted molar refractivity (Wildman–Crippen MR) is 62.2 cm³/mol. The minimum atomic E-state index is -0.725. The Labute approximate surface area is 97.2 Å². The Hall–Kier alpha value is -0.0300. The molecule has 0 aromatic carbocycles. The van der Waals surface area contributed by atoms with Crippen LogP contribution in [0.3, 0.4) is 0 Å². The average molecular weight is 247 g/mol. The summed E-state index contributed by atoms with van der Waals surface area (Å²) in [7, 11) is 0. The summed E-state index contributed by atoms with van der Waals surface area (Å²) in [5.74, 6) is -0.978. The molecule has 88 valence electrons. The standard InChI is InChI=1S/C8H18N2O2.2ClH/c9-5-1-3-7(8(11)12)4-2-6-10;;/h7H,1-6,9-10H2,(H,11,12);2*1H. The van der Waals surface area contributed by atoms with E-state index in [2.05, 4.69) is 0 Å². The van der Waals surface area contributed by atoms with Crippen LogP contribution < -0.4 is 11.5 Å². The molecule has 5 N–H and O–H groups in total. The van der Waals surface area contributed by atoms with Crippen LogP contribution in [0.4, 0.5) is 0 Å². The maximum absolute atomic E-state index is 10.6. The third kappa shape index (κ3) is 10.1. The highest BCUT2D eigenvalue weighted by Gasteiger charge is 2.15. The van der Waals surface area contributed by atoms with E-state index in [4.69, 9.17) is 16.6 Å². The van der Waals surface area contributed by atoms with Gasteiger partial charge in [-0.15, -0.1) is 24.8 Å². The van der Waals surface area contributed by atoms with Crippen molar-refractivity contribution in [3.63, 3.8) is 0 Å². The van der Waals surface area contributed by atoms with Gasteiger partial charge in [-0.2, -0.15) is 0 Å². The number of hydrogen-bond acceptors (Lipinski definition) is 3. The van der Waals surface area contributed by atoms with Gasteiger partial charge in [0.2, 0.25) is 0 Å². The topological polar surface area (TPSA) is 89.3 Å². The van der Waals surface area contributed by atoms with E-state index >= 15 is 0 Å². The minimum Gasteiger partial charge on any atom is -0.481 e. The summed E-state index contributed by atoms with van der Waals surface area (Å²) >= 11 is 0. The van der Waals surface area contributed by atoms with Crippen LogP contribution in [0, 0.1) is 5.92 Å². The molecule has 14 heavy (non-hydrogen) atoms. The van der Waals surface area contributed by atoms with E-state index in [9.17, 15) is 4.79 Å². The van der Waals surface area contributed by atoms with Crippen LogP contribution in [0.1, 0.15) is 25.7 Å². The molecule has 0 aliphatic heterocycles. The van der Waals surface area contributed by atoms with Crippen molar-refractivity contribution in [2.24, 2.45) is 17.4 Å². The number of halogens is 2. The second-order valence-corrected chi connectivity index (χ2v) is 2.90. The lowest BCUT2D eigenvalue weighted by atomic mass is 9.98. The summed E-state index contributed by atoms with van der Waals surface area (Å²) in [5, 5.41) is 8.74. The Morgan fingerprint density at radius 1 is 1.07 bits per heavy atom. The van der Waals surface area contributed by atoms with E-state index in [0.717, 1.165) is 12.8 Å². The molecule has 0 rings (SSSR count). The van der Waals surface area contributed by atoms with Crippen LogP contribution >= 0.6 is 24.8 Å². The van der Waals surface area contributed by atoms with Gasteiger partial charge in [0.25, 0.3) is 0 Å². The van der Waals surface area contributed by atoms with Crippen molar-refractivity contribution in [3.05, 3.63) is 0 Å². The molecule has 0 radical (unpaired) electrons. The first-order chi connectivity index (χ1) is 5.72. The molecule has 0 aliphatic rings. The van der Waals surface area contributed by atoms with Crippen molar-refractivity contribution in [3.8, 4) is 0 Å². The molecule has 0 spiro atoms. The molecule has 0 atom stereocenters. The molecule has 0 aromatic rings. The first-order valence-electron chi connectivity index (χ1n) is 4.35. The lowest BCUT2D eigenvalue weighted by Gasteiger charge is -2.09. The number of carboxylic acids is 1. The Morgan fingerprint density at radius 2 is 1.43 bits per heavy atom. The largest absolute Gasteiger partial charge is 0.481 e. The zero-order valence-electron chi connectivity index (χ0n) is 8.15. The highest BCUT2D eigenvalue weighted by molar-refractivity contribution is 5.85. The molecule has 0 aliphatic carbocycles. The van der Waals surface area contributed by atoms with Crippen molar-refractivity contribution in [1.29, 1.82) is 0 Å². The predicted octanol–water partition coefficient (Wildman–Crippen LogP) is 1.01. The van der Waals surface area contributed by atoms with Crippen molar-refractivity contribution in [1.82, 2.24) is 0 Å². The van der Waals surface area contributed by atoms with E-state index in [1.807, 2.05) is 0 Å². The highest BCUT2D eigenvalue weighted by atomic mass is 35.5. The van der Waals surface area contributed by atoms with Crippen LogP contribution in [0.15, 0.2) is 0 Å². The molecule has 4 nitrogen and oxygen atoms in total. The maximum atomic E-state index is 10.6. The summed E-state index contributed by atoms with van der Waals surface area (Å²) in [5.41, 5.74) is 10.6. The average Bonchev–Trinajstić information content (AvgIpc) is 2.04. The van der Waals surface area contributed by atoms with E-state index in [1.54, 1.807) is 0 Å². The zero-order valence-corrected chi connectivity index (χ0v) is 9.78. The molecule has 0 saturated carbocycles. The van der Waals surface area contributed by atoms with Crippen LogP contribution in [-0.2, 0) is 4.79 Å². The van der Waals surface area contributed by atoms with E-state index in [-0.39, 0.29) is 30.7 Å². The van der Waals surface area contributed by atoms with E-state index < -0.39 is 5.97 Å². The van der Waals surface area contributed by atoms with E-state index in [0.29, 0.717) is 25.9 Å². The number of aliphatic carboxylic acids is 1. The monoisotopic (exact) mass is 246 g/mol. The summed E-state index contributed by atoms with van der Waals surface area (Å²) in [4.78, 5) is 10.6. The normalized spacial score (nSPS) is 9.07. The summed E-state index contributed by atoms with van der Waals surface area (Å²) in [6, 6.07) is 0. The minimum absolute atomic E-state index is 0. The SMILES string of the molecule is Cl.Cl.NCCCC(CCCN)C(=O)O. The number of carboxylic acid groups (broad SMARTS) is 1. The summed E-state index contributed by atoms with van der Waals surface area (Å²) in [6.07, 6.45) is 2.90. The van der Waals surface area contributed by atoms with Gasteiger partial charge in [-0.1, -0.05) is 0 Å². The number of rotatable bonds is 7. The first kappa shape index (κ1) is 19.5. The Bertz CT molecular complexity index is 129.